The van der Waals surface area contributed by atoms with E-state index in [4.69, 9.17) is 65.5 Å². The molecule has 0 aliphatic carbocycles. The highest BCUT2D eigenvalue weighted by Crippen LogP contribution is 2.40. The number of ketones is 1. The number of amides is 3. The quantitative estimate of drug-likeness (QED) is 0.0340. The van der Waals surface area contributed by atoms with Gasteiger partial charge in [0.1, 0.15) is 17.0 Å². The van der Waals surface area contributed by atoms with Crippen LogP contribution >= 0.6 is 62.3 Å². The van der Waals surface area contributed by atoms with Gasteiger partial charge in [-0.3, -0.25) is 28.7 Å². The maximum absolute atomic E-state index is 13.3. The summed E-state index contributed by atoms with van der Waals surface area (Å²) in [5.41, 5.74) is -2.36. The Morgan fingerprint density at radius 3 is 1.77 bits per heavy atom. The minimum absolute atomic E-state index is 0.00265. The molecule has 78 heavy (non-hydrogen) atoms. The van der Waals surface area contributed by atoms with E-state index in [0.29, 0.717) is 29.1 Å². The second-order valence-corrected chi connectivity index (χ2v) is 21.5. The molecule has 4 aromatic carbocycles. The van der Waals surface area contributed by atoms with Crippen LogP contribution in [-0.4, -0.2) is 96.6 Å². The number of carbonyl (C=O) groups excluding carboxylic acids is 4. The second-order valence-electron chi connectivity index (χ2n) is 15.5. The number of alkyl halides is 6. The summed E-state index contributed by atoms with van der Waals surface area (Å²) < 4.78 is 149. The lowest BCUT2D eigenvalue weighted by atomic mass is 10.0. The molecule has 0 unspecified atom stereocenters. The summed E-state index contributed by atoms with van der Waals surface area (Å²) in [7, 11) is -4.94. The van der Waals surface area contributed by atoms with Crippen LogP contribution < -0.4 is 29.1 Å². The number of pyridine rings is 2. The van der Waals surface area contributed by atoms with Gasteiger partial charge in [-0.1, -0.05) is 58.5 Å². The van der Waals surface area contributed by atoms with Gasteiger partial charge in [-0.25, -0.2) is 36.2 Å². The first-order valence-corrected chi connectivity index (χ1v) is 26.4. The highest BCUT2D eigenvalue weighted by molar-refractivity contribution is 9.10. The fourth-order valence-electron chi connectivity index (χ4n) is 6.73. The first-order valence-electron chi connectivity index (χ1n) is 21.2. The summed E-state index contributed by atoms with van der Waals surface area (Å²) in [5.74, 6) is -1.36. The lowest BCUT2D eigenvalue weighted by molar-refractivity contribution is -0.138. The molecule has 0 bridgehead atoms. The molecule has 32 heteroatoms. The Morgan fingerprint density at radius 2 is 1.23 bits per heavy atom. The average Bonchev–Trinajstić information content (AvgIpc) is 3.43. The molecule has 2 aliphatic heterocycles. The van der Waals surface area contributed by atoms with Gasteiger partial charge in [0.15, 0.2) is 24.7 Å². The van der Waals surface area contributed by atoms with Gasteiger partial charge in [-0.05, 0) is 88.7 Å². The maximum atomic E-state index is 13.3. The van der Waals surface area contributed by atoms with Crippen molar-refractivity contribution in [3.05, 3.63) is 150 Å². The van der Waals surface area contributed by atoms with Gasteiger partial charge in [0.05, 0.1) is 82.0 Å². The predicted octanol–water partition coefficient (Wildman–Crippen LogP) is 10.4. The number of hydrogen-bond acceptors (Lipinski definition) is 14. The first kappa shape index (κ1) is 60.7. The van der Waals surface area contributed by atoms with Gasteiger partial charge >= 0.3 is 12.4 Å². The Morgan fingerprint density at radius 1 is 0.731 bits per heavy atom. The van der Waals surface area contributed by atoms with Gasteiger partial charge in [0.25, 0.3) is 37.8 Å². The van der Waals surface area contributed by atoms with E-state index in [0.717, 1.165) is 45.9 Å². The van der Waals surface area contributed by atoms with Gasteiger partial charge in [0.2, 0.25) is 5.78 Å². The molecule has 0 spiro atoms. The summed E-state index contributed by atoms with van der Waals surface area (Å²) in [6, 6.07) is 16.0. The smallest absolute Gasteiger partial charge is 0.417 e. The van der Waals surface area contributed by atoms with E-state index < -0.39 is 87.5 Å². The molecule has 8 rings (SSSR count). The highest BCUT2D eigenvalue weighted by atomic mass is 79.9. The number of nitrogens with one attached hydrogen (secondary N) is 3. The minimum Gasteiger partial charge on any atom is -0.481 e. The third-order valence-corrected chi connectivity index (χ3v) is 15.1. The first-order chi connectivity index (χ1) is 36.5. The fourth-order valence-corrected chi connectivity index (χ4v) is 10.5. The molecular formula is C46H34BrCl4F6N7O12S2. The number of sulfonamides is 2. The van der Waals surface area contributed by atoms with Crippen LogP contribution in [0.3, 0.4) is 0 Å². The third kappa shape index (κ3) is 14.2. The largest absolute Gasteiger partial charge is 0.481 e. The number of aromatic nitrogens is 2. The number of fused-ring (bicyclic) bond motifs is 2. The molecule has 3 amide bonds. The number of nitrogens with zero attached hydrogens (tertiary/aromatic N) is 4. The van der Waals surface area contributed by atoms with Crippen LogP contribution in [0.15, 0.2) is 112 Å². The van der Waals surface area contributed by atoms with E-state index in [1.54, 1.807) is 18.2 Å². The number of hydrogen-bond donors (Lipinski definition) is 3. The topological polar surface area (TPSA) is 242 Å². The Bertz CT molecular complexity index is 3570. The molecule has 2 aliphatic rings. The Labute approximate surface area is 466 Å². The summed E-state index contributed by atoms with van der Waals surface area (Å²) >= 11 is 26.0. The van der Waals surface area contributed by atoms with Crippen LogP contribution in [0.25, 0.3) is 0 Å². The van der Waals surface area contributed by atoms with Crippen LogP contribution in [0.4, 0.5) is 49.1 Å². The monoisotopic (exact) mass is 1270 g/mol. The van der Waals surface area contributed by atoms with E-state index in [1.165, 1.54) is 51.7 Å². The number of hydroxylamine groups is 2. The van der Waals surface area contributed by atoms with Crippen molar-refractivity contribution in [2.45, 2.75) is 22.1 Å². The standard InChI is InChI=1S/C21H12Cl2F3N3O5S.C14H10BrCl2F3N2O3S.C11H12N2O4/c22-10-6-16(29-35(32,33)11-4-5-14(23)13(7-11)21(24,25)26)18(27-8-10)19(31)12-2-1-3-15-20(12)34-9-17(30)28-15;1-25-7-22(12-4-8(16)6-21-13(12)15)26(23,24)9-2-3-11(17)10(5-9)14(18,19)20;1-13(16-2)11(15)7-4-3-5-8-10(7)17-6-9(14)12-8/h1-8,29H,9H2,(H,28,30);2-6H,7H2,1H3;3-5H,6H2,1-2H3,(H,12,14). The molecular weight excluding hydrogens is 1240 g/mol. The SMILES string of the molecule is COCN(c1cc(Cl)cnc1Br)S(=O)(=O)c1ccc(Cl)c(C(F)(F)F)c1.CON(C)C(=O)c1cccc2c1OCC(=O)N2.O=C1COc2c(cccc2C(=O)c2ncc(Cl)cc2NS(=O)(=O)c2ccc(Cl)c(C(F)(F)F)c2)N1. The molecule has 414 valence electrons. The lowest BCUT2D eigenvalue weighted by Gasteiger charge is -2.24. The number of halogens is 11. The molecule has 6 aromatic rings. The van der Waals surface area contributed by atoms with Gasteiger partial charge in [-0.2, -0.15) is 26.3 Å². The number of para-hydroxylation sites is 2. The van der Waals surface area contributed by atoms with Crippen molar-refractivity contribution >= 4 is 129 Å². The normalized spacial score (nSPS) is 13.1. The number of rotatable bonds is 12. The van der Waals surface area contributed by atoms with Crippen LogP contribution in [0.5, 0.6) is 11.5 Å². The zero-order valence-electron chi connectivity index (χ0n) is 39.5. The van der Waals surface area contributed by atoms with Gasteiger partial charge in [0, 0.05) is 26.6 Å². The van der Waals surface area contributed by atoms with E-state index >= 15 is 0 Å². The highest BCUT2D eigenvalue weighted by Gasteiger charge is 2.37. The molecule has 3 N–H and O–H groups in total. The van der Waals surface area contributed by atoms with Crippen LogP contribution in [-0.2, 0) is 51.6 Å². The molecule has 0 saturated carbocycles. The van der Waals surface area contributed by atoms with Crippen LogP contribution in [0.1, 0.15) is 37.5 Å². The van der Waals surface area contributed by atoms with Crippen molar-refractivity contribution < 1.29 is 81.4 Å². The molecule has 4 heterocycles. The molecule has 2 aromatic heterocycles. The summed E-state index contributed by atoms with van der Waals surface area (Å²) in [6.07, 6.45) is -7.35. The fraction of sp³-hybridized carbons (Fsp3) is 0.174. The Balaban J connectivity index is 0.000000201. The molecule has 0 fully saturated rings. The number of anilines is 4. The summed E-state index contributed by atoms with van der Waals surface area (Å²) in [5, 5.41) is 5.06. The van der Waals surface area contributed by atoms with Crippen molar-refractivity contribution in [3.63, 3.8) is 0 Å². The van der Waals surface area contributed by atoms with E-state index in [-0.39, 0.29) is 68.1 Å². The van der Waals surface area contributed by atoms with Crippen molar-refractivity contribution in [2.75, 3.05) is 60.9 Å². The Hall–Kier alpha value is -6.50. The van der Waals surface area contributed by atoms with Crippen LogP contribution in [0, 0.1) is 0 Å². The van der Waals surface area contributed by atoms with Crippen LogP contribution in [0.2, 0.25) is 20.1 Å². The van der Waals surface area contributed by atoms with E-state index in [1.807, 2.05) is 0 Å². The van der Waals surface area contributed by atoms with E-state index in [2.05, 4.69) is 41.3 Å². The molecule has 0 saturated heterocycles. The molecule has 19 nitrogen and oxygen atoms in total. The lowest BCUT2D eigenvalue weighted by Crippen LogP contribution is -2.33. The molecule has 0 radical (unpaired) electrons. The zero-order chi connectivity index (χ0) is 57.7. The predicted molar refractivity (Wildman–Crippen MR) is 275 cm³/mol. The molecule has 0 atom stereocenters. The zero-order valence-corrected chi connectivity index (χ0v) is 45.8. The second kappa shape index (κ2) is 24.7. The number of carbonyl (C=O) groups is 4. The number of methoxy groups -OCH3 is 1. The van der Waals surface area contributed by atoms with Crippen molar-refractivity contribution in [2.24, 2.45) is 0 Å². The average molecular weight is 1280 g/mol. The number of benzene rings is 4. The van der Waals surface area contributed by atoms with Crippen molar-refractivity contribution in [1.82, 2.24) is 15.0 Å². The maximum Gasteiger partial charge on any atom is 0.417 e. The Kier molecular flexibility index (Phi) is 19.2. The van der Waals surface area contributed by atoms with Crippen molar-refractivity contribution in [1.29, 1.82) is 0 Å². The van der Waals surface area contributed by atoms with Crippen molar-refractivity contribution in [3.8, 4) is 11.5 Å². The third-order valence-electron chi connectivity index (χ3n) is 10.3. The minimum atomic E-state index is -4.90. The summed E-state index contributed by atoms with van der Waals surface area (Å²) in [6.45, 7) is -0.913. The van der Waals surface area contributed by atoms with Gasteiger partial charge < -0.3 is 24.8 Å². The van der Waals surface area contributed by atoms with E-state index in [9.17, 15) is 62.4 Å². The number of ether oxygens (including phenoxy) is 3. The van der Waals surface area contributed by atoms with Gasteiger partial charge in [-0.15, -0.1) is 0 Å². The summed E-state index contributed by atoms with van der Waals surface area (Å²) in [4.78, 5) is 59.2.